The summed E-state index contributed by atoms with van der Waals surface area (Å²) in [4.78, 5) is 0. The van der Waals surface area contributed by atoms with Crippen molar-refractivity contribution in [2.24, 2.45) is 0 Å². The van der Waals surface area contributed by atoms with Crippen LogP contribution in [0.25, 0.3) is 0 Å². The molecule has 0 amide bonds. The Hall–Kier alpha value is -0.360. The molecule has 0 spiro atoms. The molecule has 0 bridgehead atoms. The third-order valence-electron chi connectivity index (χ3n) is 3.22. The third-order valence-corrected chi connectivity index (χ3v) is 5.10. The van der Waals surface area contributed by atoms with Crippen LogP contribution in [0, 0.1) is 9.39 Å². The summed E-state index contributed by atoms with van der Waals surface area (Å²) < 4.78 is 14.6. The first-order chi connectivity index (χ1) is 10.0. The normalized spacial score (nSPS) is 12.4. The SMILES string of the molecule is CCNC(Cc1ccc(Cl)c(F)c1)c1ccc(I)c(Cl)c1. The van der Waals surface area contributed by atoms with Gasteiger partial charge in [0.25, 0.3) is 0 Å². The summed E-state index contributed by atoms with van der Waals surface area (Å²) in [5.41, 5.74) is 2.00. The first kappa shape index (κ1) is 17.0. The number of likely N-dealkylation sites (N-methyl/N-ethyl adjacent to an activating group) is 1. The van der Waals surface area contributed by atoms with Gasteiger partial charge in [-0.3, -0.25) is 0 Å². The highest BCUT2D eigenvalue weighted by atomic mass is 127. The van der Waals surface area contributed by atoms with Crippen LogP contribution in [0.4, 0.5) is 4.39 Å². The number of nitrogens with one attached hydrogen (secondary N) is 1. The average Bonchev–Trinajstić information content (AvgIpc) is 2.45. The molecule has 0 aromatic heterocycles. The van der Waals surface area contributed by atoms with Gasteiger partial charge in [-0.1, -0.05) is 42.3 Å². The van der Waals surface area contributed by atoms with Gasteiger partial charge >= 0.3 is 0 Å². The van der Waals surface area contributed by atoms with Gasteiger partial charge in [-0.05, 0) is 70.9 Å². The summed E-state index contributed by atoms with van der Waals surface area (Å²) in [5.74, 6) is -0.384. The van der Waals surface area contributed by atoms with Crippen LogP contribution in [0.3, 0.4) is 0 Å². The summed E-state index contributed by atoms with van der Waals surface area (Å²) >= 11 is 14.1. The zero-order chi connectivity index (χ0) is 15.4. The second-order valence-corrected chi connectivity index (χ2v) is 6.71. The van der Waals surface area contributed by atoms with Crippen LogP contribution in [-0.4, -0.2) is 6.54 Å². The fraction of sp³-hybridized carbons (Fsp3) is 0.250. The van der Waals surface area contributed by atoms with Crippen molar-refractivity contribution in [1.82, 2.24) is 5.32 Å². The zero-order valence-electron chi connectivity index (χ0n) is 11.5. The maximum atomic E-state index is 13.6. The zero-order valence-corrected chi connectivity index (χ0v) is 15.1. The standard InChI is InChI=1S/C16H15Cl2FIN/c1-2-21-16(11-4-6-15(20)13(18)9-11)8-10-3-5-12(17)14(19)7-10/h3-7,9,16,21H,2,8H2,1H3. The maximum absolute atomic E-state index is 13.6. The smallest absolute Gasteiger partial charge is 0.142 e. The molecule has 0 saturated heterocycles. The van der Waals surface area contributed by atoms with Gasteiger partial charge in [0, 0.05) is 9.61 Å². The monoisotopic (exact) mass is 437 g/mol. The number of hydrogen-bond acceptors (Lipinski definition) is 1. The number of rotatable bonds is 5. The number of hydrogen-bond donors (Lipinski definition) is 1. The predicted octanol–water partition coefficient (Wildman–Crippen LogP) is 5.63. The van der Waals surface area contributed by atoms with Crippen LogP contribution in [-0.2, 0) is 6.42 Å². The van der Waals surface area contributed by atoms with E-state index in [0.29, 0.717) is 6.42 Å². The Labute approximate surface area is 148 Å². The molecule has 5 heteroatoms. The van der Waals surface area contributed by atoms with Gasteiger partial charge in [0.05, 0.1) is 10.0 Å². The second kappa shape index (κ2) is 7.77. The summed E-state index contributed by atoms with van der Waals surface area (Å²) in [6.07, 6.45) is 0.679. The molecule has 2 aromatic carbocycles. The minimum absolute atomic E-state index is 0.0880. The van der Waals surface area contributed by atoms with E-state index in [1.54, 1.807) is 6.07 Å². The summed E-state index contributed by atoms with van der Waals surface area (Å²) in [5, 5.41) is 4.30. The van der Waals surface area contributed by atoms with E-state index in [2.05, 4.69) is 27.9 Å². The molecule has 0 fully saturated rings. The molecule has 112 valence electrons. The molecule has 1 N–H and O–H groups in total. The molecule has 1 unspecified atom stereocenters. The van der Waals surface area contributed by atoms with Gasteiger partial charge in [0.2, 0.25) is 0 Å². The lowest BCUT2D eigenvalue weighted by atomic mass is 9.99. The number of benzene rings is 2. The topological polar surface area (TPSA) is 12.0 Å². The van der Waals surface area contributed by atoms with Crippen molar-refractivity contribution in [3.63, 3.8) is 0 Å². The number of halogens is 4. The highest BCUT2D eigenvalue weighted by molar-refractivity contribution is 14.1. The van der Waals surface area contributed by atoms with Crippen LogP contribution in [0.1, 0.15) is 24.1 Å². The van der Waals surface area contributed by atoms with Gasteiger partial charge in [-0.2, -0.15) is 0 Å². The molecule has 1 nitrogen and oxygen atoms in total. The minimum atomic E-state index is -0.384. The largest absolute Gasteiger partial charge is 0.310 e. The first-order valence-corrected chi connectivity index (χ1v) is 8.47. The van der Waals surface area contributed by atoms with E-state index in [0.717, 1.165) is 26.3 Å². The molecule has 1 atom stereocenters. The average molecular weight is 438 g/mol. The summed E-state index contributed by atoms with van der Waals surface area (Å²) in [6, 6.07) is 11.0. The lowest BCUT2D eigenvalue weighted by Crippen LogP contribution is -2.23. The lowest BCUT2D eigenvalue weighted by Gasteiger charge is -2.19. The molecule has 0 saturated carbocycles. The molecule has 0 radical (unpaired) electrons. The van der Waals surface area contributed by atoms with Crippen LogP contribution in [0.2, 0.25) is 10.0 Å². The summed E-state index contributed by atoms with van der Waals surface area (Å²) in [7, 11) is 0. The molecule has 0 aliphatic heterocycles. The molecule has 2 aromatic rings. The molecule has 0 aliphatic rings. The third kappa shape index (κ3) is 4.55. The second-order valence-electron chi connectivity index (χ2n) is 4.74. The predicted molar refractivity (Wildman–Crippen MR) is 95.7 cm³/mol. The van der Waals surface area contributed by atoms with E-state index < -0.39 is 0 Å². The van der Waals surface area contributed by atoms with Crippen molar-refractivity contribution >= 4 is 45.8 Å². The van der Waals surface area contributed by atoms with Gasteiger partial charge in [0.15, 0.2) is 0 Å². The van der Waals surface area contributed by atoms with Crippen molar-refractivity contribution in [2.75, 3.05) is 6.54 Å². The molecule has 0 aliphatic carbocycles. The first-order valence-electron chi connectivity index (χ1n) is 6.63. The Morgan fingerprint density at radius 3 is 2.52 bits per heavy atom. The Morgan fingerprint density at radius 1 is 1.14 bits per heavy atom. The molecule has 21 heavy (non-hydrogen) atoms. The van der Waals surface area contributed by atoms with E-state index >= 15 is 0 Å². The highest BCUT2D eigenvalue weighted by Crippen LogP contribution is 2.26. The highest BCUT2D eigenvalue weighted by Gasteiger charge is 2.13. The fourth-order valence-corrected chi connectivity index (χ4v) is 2.83. The summed E-state index contributed by atoms with van der Waals surface area (Å²) in [6.45, 7) is 2.87. The van der Waals surface area contributed by atoms with Crippen molar-refractivity contribution in [3.8, 4) is 0 Å². The van der Waals surface area contributed by atoms with Crippen LogP contribution < -0.4 is 5.32 Å². The van der Waals surface area contributed by atoms with Gasteiger partial charge in [-0.15, -0.1) is 0 Å². The molecule has 2 rings (SSSR count). The van der Waals surface area contributed by atoms with E-state index in [1.165, 1.54) is 6.07 Å². The van der Waals surface area contributed by atoms with Crippen molar-refractivity contribution < 1.29 is 4.39 Å². The van der Waals surface area contributed by atoms with E-state index in [1.807, 2.05) is 31.2 Å². The molecule has 0 heterocycles. The molecular weight excluding hydrogens is 423 g/mol. The van der Waals surface area contributed by atoms with E-state index in [9.17, 15) is 4.39 Å². The van der Waals surface area contributed by atoms with E-state index in [-0.39, 0.29) is 16.9 Å². The Bertz CT molecular complexity index is 634. The van der Waals surface area contributed by atoms with Crippen LogP contribution in [0.5, 0.6) is 0 Å². The Kier molecular flexibility index (Phi) is 6.29. The minimum Gasteiger partial charge on any atom is -0.310 e. The van der Waals surface area contributed by atoms with Crippen LogP contribution >= 0.6 is 45.8 Å². The quantitative estimate of drug-likeness (QED) is 0.597. The van der Waals surface area contributed by atoms with Crippen molar-refractivity contribution in [3.05, 3.63) is 67.0 Å². The van der Waals surface area contributed by atoms with Gasteiger partial charge in [-0.25, -0.2) is 4.39 Å². The van der Waals surface area contributed by atoms with Gasteiger partial charge in [0.1, 0.15) is 5.82 Å². The Morgan fingerprint density at radius 2 is 1.90 bits per heavy atom. The maximum Gasteiger partial charge on any atom is 0.142 e. The van der Waals surface area contributed by atoms with Crippen molar-refractivity contribution in [2.45, 2.75) is 19.4 Å². The van der Waals surface area contributed by atoms with Gasteiger partial charge < -0.3 is 5.32 Å². The van der Waals surface area contributed by atoms with E-state index in [4.69, 9.17) is 23.2 Å². The fourth-order valence-electron chi connectivity index (χ4n) is 2.19. The lowest BCUT2D eigenvalue weighted by molar-refractivity contribution is 0.546. The van der Waals surface area contributed by atoms with Crippen LogP contribution in [0.15, 0.2) is 36.4 Å². The van der Waals surface area contributed by atoms with Crippen molar-refractivity contribution in [1.29, 1.82) is 0 Å². The molecular formula is C16H15Cl2FIN. The Balaban J connectivity index is 2.25.